The summed E-state index contributed by atoms with van der Waals surface area (Å²) in [6, 6.07) is 9.10. The van der Waals surface area contributed by atoms with Crippen molar-refractivity contribution in [1.82, 2.24) is 10.2 Å². The number of fused-ring (bicyclic) bond motifs is 1. The number of aromatic nitrogens is 2. The highest BCUT2D eigenvalue weighted by atomic mass is 19.1. The highest BCUT2D eigenvalue weighted by Gasteiger charge is 2.29. The zero-order valence-electron chi connectivity index (χ0n) is 13.2. The molecule has 0 aliphatic heterocycles. The zero-order chi connectivity index (χ0) is 17.4. The van der Waals surface area contributed by atoms with Gasteiger partial charge in [-0.15, -0.1) is 0 Å². The first-order chi connectivity index (χ1) is 12.1. The van der Waals surface area contributed by atoms with Crippen molar-refractivity contribution in [2.45, 2.75) is 12.8 Å². The molecule has 2 aromatic carbocycles. The molecule has 1 saturated carbocycles. The molecule has 1 amide bonds. The SMILES string of the molecule is O=C(Nc1cc(F)c2n[nH]c(C=Cc3cccc(F)c3)c2c1)C1CC1. The molecule has 0 bridgehead atoms. The number of hydrogen-bond donors (Lipinski definition) is 2. The van der Waals surface area contributed by atoms with Crippen molar-refractivity contribution >= 4 is 34.6 Å². The topological polar surface area (TPSA) is 57.8 Å². The van der Waals surface area contributed by atoms with Crippen LogP contribution in [0.1, 0.15) is 24.1 Å². The predicted octanol–water partition coefficient (Wildman–Crippen LogP) is 4.36. The Morgan fingerprint density at radius 1 is 1.20 bits per heavy atom. The fraction of sp³-hybridized carbons (Fsp3) is 0.158. The lowest BCUT2D eigenvalue weighted by Gasteiger charge is -2.05. The average Bonchev–Trinajstić information content (AvgIpc) is 3.35. The van der Waals surface area contributed by atoms with Gasteiger partial charge in [0.15, 0.2) is 5.82 Å². The van der Waals surface area contributed by atoms with Crippen molar-refractivity contribution in [2.24, 2.45) is 5.92 Å². The molecular formula is C19H15F2N3O. The fourth-order valence-corrected chi connectivity index (χ4v) is 2.67. The number of nitrogens with one attached hydrogen (secondary N) is 2. The van der Waals surface area contributed by atoms with Crippen molar-refractivity contribution in [3.63, 3.8) is 0 Å². The first kappa shape index (κ1) is 15.5. The number of benzene rings is 2. The van der Waals surface area contributed by atoms with Crippen molar-refractivity contribution in [1.29, 1.82) is 0 Å². The molecular weight excluding hydrogens is 324 g/mol. The standard InChI is InChI=1S/C19H15F2N3O/c20-13-3-1-2-11(8-13)4-7-17-15-9-14(22-19(25)12-5-6-12)10-16(21)18(15)24-23-17/h1-4,7-10,12H,5-6H2,(H,22,25)(H,23,24). The summed E-state index contributed by atoms with van der Waals surface area (Å²) in [5.41, 5.74) is 1.87. The summed E-state index contributed by atoms with van der Waals surface area (Å²) in [6.45, 7) is 0. The average molecular weight is 339 g/mol. The van der Waals surface area contributed by atoms with Gasteiger partial charge in [0, 0.05) is 17.0 Å². The van der Waals surface area contributed by atoms with E-state index in [0.29, 0.717) is 22.3 Å². The minimum atomic E-state index is -0.509. The van der Waals surface area contributed by atoms with Crippen molar-refractivity contribution in [3.8, 4) is 0 Å². The van der Waals surface area contributed by atoms with E-state index in [2.05, 4.69) is 15.5 Å². The Hall–Kier alpha value is -3.02. The van der Waals surface area contributed by atoms with Gasteiger partial charge in [0.1, 0.15) is 11.3 Å². The van der Waals surface area contributed by atoms with E-state index in [1.807, 2.05) is 0 Å². The van der Waals surface area contributed by atoms with E-state index in [1.54, 1.807) is 30.4 Å². The lowest BCUT2D eigenvalue weighted by molar-refractivity contribution is -0.117. The van der Waals surface area contributed by atoms with Crippen molar-refractivity contribution in [2.75, 3.05) is 5.32 Å². The highest BCUT2D eigenvalue weighted by molar-refractivity contribution is 5.98. The van der Waals surface area contributed by atoms with Gasteiger partial charge in [-0.2, -0.15) is 5.10 Å². The Labute approximate surface area is 142 Å². The van der Waals surface area contributed by atoms with Crippen LogP contribution in [0.25, 0.3) is 23.1 Å². The van der Waals surface area contributed by atoms with Gasteiger partial charge in [0.25, 0.3) is 0 Å². The number of carbonyl (C=O) groups excluding carboxylic acids is 1. The normalized spacial score (nSPS) is 14.3. The molecule has 1 fully saturated rings. The van der Waals surface area contributed by atoms with Crippen LogP contribution in [-0.4, -0.2) is 16.1 Å². The smallest absolute Gasteiger partial charge is 0.227 e. The Kier molecular flexibility index (Phi) is 3.80. The summed E-state index contributed by atoms with van der Waals surface area (Å²) in [5, 5.41) is 10.0. The molecule has 1 aromatic heterocycles. The second-order valence-corrected chi connectivity index (χ2v) is 6.14. The third kappa shape index (κ3) is 3.28. The Morgan fingerprint density at radius 2 is 2.04 bits per heavy atom. The first-order valence-electron chi connectivity index (χ1n) is 8.02. The van der Waals surface area contributed by atoms with Crippen LogP contribution < -0.4 is 5.32 Å². The number of carbonyl (C=O) groups is 1. The van der Waals surface area contributed by atoms with E-state index < -0.39 is 5.82 Å². The third-order valence-electron chi connectivity index (χ3n) is 4.15. The number of anilines is 1. The maximum atomic E-state index is 14.2. The number of nitrogens with zero attached hydrogens (tertiary/aromatic N) is 1. The molecule has 126 valence electrons. The molecule has 25 heavy (non-hydrogen) atoms. The lowest BCUT2D eigenvalue weighted by Crippen LogP contribution is -2.13. The third-order valence-corrected chi connectivity index (χ3v) is 4.15. The Balaban J connectivity index is 1.66. The number of halogens is 2. The number of H-pyrrole nitrogens is 1. The van der Waals surface area contributed by atoms with Gasteiger partial charge < -0.3 is 5.32 Å². The van der Waals surface area contributed by atoms with Gasteiger partial charge >= 0.3 is 0 Å². The number of amides is 1. The second kappa shape index (κ2) is 6.12. The molecule has 0 unspecified atom stereocenters. The van der Waals surface area contributed by atoms with Gasteiger partial charge in [-0.05, 0) is 48.7 Å². The summed E-state index contributed by atoms with van der Waals surface area (Å²) in [6.07, 6.45) is 5.17. The number of aromatic amines is 1. The van der Waals surface area contributed by atoms with E-state index in [0.717, 1.165) is 12.8 Å². The van der Waals surface area contributed by atoms with Gasteiger partial charge in [0.2, 0.25) is 5.91 Å². The summed E-state index contributed by atoms with van der Waals surface area (Å²) >= 11 is 0. The predicted molar refractivity (Wildman–Crippen MR) is 92.7 cm³/mol. The van der Waals surface area contributed by atoms with E-state index in [9.17, 15) is 13.6 Å². The highest BCUT2D eigenvalue weighted by Crippen LogP contribution is 2.31. The summed E-state index contributed by atoms with van der Waals surface area (Å²) in [4.78, 5) is 11.9. The van der Waals surface area contributed by atoms with Crippen LogP contribution in [0.2, 0.25) is 0 Å². The van der Waals surface area contributed by atoms with E-state index in [1.165, 1.54) is 18.2 Å². The van der Waals surface area contributed by atoms with Crippen LogP contribution in [0.4, 0.5) is 14.5 Å². The molecule has 4 rings (SSSR count). The molecule has 0 spiro atoms. The molecule has 3 aromatic rings. The molecule has 4 nitrogen and oxygen atoms in total. The molecule has 1 aliphatic rings. The summed E-state index contributed by atoms with van der Waals surface area (Å²) in [5.74, 6) is -0.882. The van der Waals surface area contributed by atoms with Gasteiger partial charge in [-0.1, -0.05) is 18.2 Å². The lowest BCUT2D eigenvalue weighted by atomic mass is 10.1. The van der Waals surface area contributed by atoms with E-state index >= 15 is 0 Å². The van der Waals surface area contributed by atoms with Crippen LogP contribution in [0, 0.1) is 17.6 Å². The van der Waals surface area contributed by atoms with Gasteiger partial charge in [-0.3, -0.25) is 9.89 Å². The van der Waals surface area contributed by atoms with Gasteiger partial charge in [0.05, 0.1) is 5.69 Å². The largest absolute Gasteiger partial charge is 0.326 e. The van der Waals surface area contributed by atoms with E-state index in [-0.39, 0.29) is 23.2 Å². The van der Waals surface area contributed by atoms with Crippen LogP contribution >= 0.6 is 0 Å². The molecule has 1 heterocycles. The van der Waals surface area contributed by atoms with Gasteiger partial charge in [-0.25, -0.2) is 8.78 Å². The Bertz CT molecular complexity index is 989. The monoisotopic (exact) mass is 339 g/mol. The van der Waals surface area contributed by atoms with Crippen LogP contribution in [0.15, 0.2) is 36.4 Å². The minimum Gasteiger partial charge on any atom is -0.326 e. The molecule has 6 heteroatoms. The minimum absolute atomic E-state index is 0.0375. The summed E-state index contributed by atoms with van der Waals surface area (Å²) in [7, 11) is 0. The summed E-state index contributed by atoms with van der Waals surface area (Å²) < 4.78 is 27.5. The van der Waals surface area contributed by atoms with Crippen LogP contribution in [0.3, 0.4) is 0 Å². The first-order valence-corrected chi connectivity index (χ1v) is 8.02. The number of rotatable bonds is 4. The zero-order valence-corrected chi connectivity index (χ0v) is 13.2. The van der Waals surface area contributed by atoms with Crippen molar-refractivity contribution in [3.05, 3.63) is 59.3 Å². The van der Waals surface area contributed by atoms with Crippen LogP contribution in [-0.2, 0) is 4.79 Å². The quantitative estimate of drug-likeness (QED) is 0.742. The second-order valence-electron chi connectivity index (χ2n) is 6.14. The van der Waals surface area contributed by atoms with E-state index in [4.69, 9.17) is 0 Å². The van der Waals surface area contributed by atoms with Crippen molar-refractivity contribution < 1.29 is 13.6 Å². The molecule has 0 radical (unpaired) electrons. The molecule has 0 saturated heterocycles. The molecule has 1 aliphatic carbocycles. The van der Waals surface area contributed by atoms with Crippen LogP contribution in [0.5, 0.6) is 0 Å². The maximum absolute atomic E-state index is 14.2. The maximum Gasteiger partial charge on any atom is 0.227 e. The molecule has 2 N–H and O–H groups in total. The Morgan fingerprint density at radius 3 is 2.80 bits per heavy atom. The number of hydrogen-bond acceptors (Lipinski definition) is 2. The fourth-order valence-electron chi connectivity index (χ4n) is 2.67. The molecule has 0 atom stereocenters.